The van der Waals surface area contributed by atoms with Gasteiger partial charge in [-0.3, -0.25) is 0 Å². The molecule has 25 heavy (non-hydrogen) atoms. The molecule has 130 valence electrons. The van der Waals surface area contributed by atoms with Gasteiger partial charge in [0, 0.05) is 11.3 Å². The first kappa shape index (κ1) is 16.3. The van der Waals surface area contributed by atoms with Crippen LogP contribution < -0.4 is 5.73 Å². The van der Waals surface area contributed by atoms with Crippen LogP contribution in [0.4, 0.5) is 5.95 Å². The molecule has 1 aliphatic heterocycles. The first-order valence-electron chi connectivity index (χ1n) is 8.48. The van der Waals surface area contributed by atoms with Crippen LogP contribution in [-0.4, -0.2) is 44.6 Å². The second-order valence-corrected chi connectivity index (χ2v) is 7.14. The lowest BCUT2D eigenvalue weighted by atomic mass is 9.88. The quantitative estimate of drug-likeness (QED) is 0.763. The fourth-order valence-corrected chi connectivity index (χ4v) is 3.89. The Hall–Kier alpha value is -2.18. The van der Waals surface area contributed by atoms with Crippen molar-refractivity contribution < 1.29 is 0 Å². The van der Waals surface area contributed by atoms with E-state index in [0.717, 1.165) is 24.2 Å². The fraction of sp³-hybridized carbons (Fsp3) is 0.389. The monoisotopic (exact) mass is 356 g/mol. The summed E-state index contributed by atoms with van der Waals surface area (Å²) in [5, 5.41) is 5.06. The Bertz CT molecular complexity index is 927. The van der Waals surface area contributed by atoms with Crippen molar-refractivity contribution in [2.24, 2.45) is 0 Å². The van der Waals surface area contributed by atoms with Gasteiger partial charge in [0.1, 0.15) is 0 Å². The van der Waals surface area contributed by atoms with Gasteiger partial charge in [-0.15, -0.1) is 0 Å². The molecule has 1 fully saturated rings. The molecule has 0 atom stereocenters. The highest BCUT2D eigenvalue weighted by Gasteiger charge is 2.22. The number of nitrogens with two attached hydrogens (primary N) is 1. The minimum Gasteiger partial charge on any atom is -0.368 e. The molecule has 0 radical (unpaired) electrons. The molecule has 2 N–H and O–H groups in total. The molecule has 0 unspecified atom stereocenters. The largest absolute Gasteiger partial charge is 0.368 e. The number of piperidine rings is 1. The molecule has 4 rings (SSSR count). The van der Waals surface area contributed by atoms with Gasteiger partial charge in [0.15, 0.2) is 0 Å². The second kappa shape index (κ2) is 6.28. The normalized spacial score (nSPS) is 16.6. The number of halogens is 1. The van der Waals surface area contributed by atoms with Crippen LogP contribution >= 0.6 is 11.6 Å². The zero-order valence-electron chi connectivity index (χ0n) is 14.4. The van der Waals surface area contributed by atoms with Gasteiger partial charge in [-0.05, 0) is 57.5 Å². The Morgan fingerprint density at radius 3 is 2.72 bits per heavy atom. The molecule has 0 saturated carbocycles. The van der Waals surface area contributed by atoms with Gasteiger partial charge >= 0.3 is 0 Å². The average Bonchev–Trinajstić information content (AvgIpc) is 3.03. The number of nitrogen functional groups attached to an aromatic ring is 1. The molecule has 1 aliphatic rings. The highest BCUT2D eigenvalue weighted by molar-refractivity contribution is 6.33. The zero-order chi connectivity index (χ0) is 17.6. The van der Waals surface area contributed by atoms with E-state index in [1.54, 1.807) is 6.20 Å². The number of hydrogen-bond acceptors (Lipinski definition) is 5. The molecular formula is C18H21ClN6. The van der Waals surface area contributed by atoms with Crippen molar-refractivity contribution in [1.82, 2.24) is 24.5 Å². The smallest absolute Gasteiger partial charge is 0.220 e. The first-order chi connectivity index (χ1) is 12.0. The molecule has 3 aromatic rings. The predicted octanol–water partition coefficient (Wildman–Crippen LogP) is 3.14. The molecule has 0 bridgehead atoms. The van der Waals surface area contributed by atoms with Gasteiger partial charge in [0.2, 0.25) is 5.95 Å². The number of aromatic nitrogens is 4. The Labute approximate surface area is 151 Å². The van der Waals surface area contributed by atoms with Gasteiger partial charge in [-0.25, -0.2) is 14.5 Å². The summed E-state index contributed by atoms with van der Waals surface area (Å²) < 4.78 is 1.98. The van der Waals surface area contributed by atoms with E-state index in [9.17, 15) is 0 Å². The number of anilines is 1. The van der Waals surface area contributed by atoms with E-state index < -0.39 is 0 Å². The lowest BCUT2D eigenvalue weighted by Gasteiger charge is -2.30. The number of hydrogen-bond donors (Lipinski definition) is 1. The van der Waals surface area contributed by atoms with Crippen molar-refractivity contribution >= 4 is 23.1 Å². The molecule has 6 nitrogen and oxygen atoms in total. The van der Waals surface area contributed by atoms with Gasteiger partial charge in [-0.1, -0.05) is 17.7 Å². The molecule has 0 amide bonds. The standard InChI is InChI=1S/C18H21ClN6/c1-11-13(12-5-7-24(2)8-6-12)3-4-16-14(9-22-25(11)16)17-15(19)10-21-18(20)23-17/h3-4,9-10,12H,5-8H2,1-2H3,(H2,20,21,23). The van der Waals surface area contributed by atoms with E-state index in [2.05, 4.69) is 46.1 Å². The Kier molecular flexibility index (Phi) is 4.09. The fourth-order valence-electron chi connectivity index (χ4n) is 3.70. The Morgan fingerprint density at radius 1 is 1.20 bits per heavy atom. The number of aryl methyl sites for hydroxylation is 1. The number of rotatable bonds is 2. The van der Waals surface area contributed by atoms with Gasteiger partial charge < -0.3 is 10.6 Å². The van der Waals surface area contributed by atoms with Crippen LogP contribution in [0, 0.1) is 6.92 Å². The van der Waals surface area contributed by atoms with Gasteiger partial charge in [-0.2, -0.15) is 5.10 Å². The van der Waals surface area contributed by atoms with Crippen molar-refractivity contribution in [3.8, 4) is 11.3 Å². The lowest BCUT2D eigenvalue weighted by molar-refractivity contribution is 0.254. The van der Waals surface area contributed by atoms with Crippen LogP contribution in [0.25, 0.3) is 16.8 Å². The summed E-state index contributed by atoms with van der Waals surface area (Å²) in [7, 11) is 2.18. The van der Waals surface area contributed by atoms with Crippen molar-refractivity contribution in [3.05, 3.63) is 40.8 Å². The summed E-state index contributed by atoms with van der Waals surface area (Å²) in [5.41, 5.74) is 10.8. The highest BCUT2D eigenvalue weighted by Crippen LogP contribution is 2.34. The summed E-state index contributed by atoms with van der Waals surface area (Å²) in [4.78, 5) is 10.6. The van der Waals surface area contributed by atoms with Crippen LogP contribution in [0.3, 0.4) is 0 Å². The lowest BCUT2D eigenvalue weighted by Crippen LogP contribution is -2.29. The molecule has 1 saturated heterocycles. The Balaban J connectivity index is 1.78. The molecule has 7 heteroatoms. The topological polar surface area (TPSA) is 72.3 Å². The molecule has 0 aliphatic carbocycles. The summed E-state index contributed by atoms with van der Waals surface area (Å²) in [5.74, 6) is 0.796. The average molecular weight is 357 g/mol. The number of nitrogens with zero attached hydrogens (tertiary/aromatic N) is 5. The maximum absolute atomic E-state index is 6.27. The van der Waals surface area contributed by atoms with E-state index in [1.807, 2.05) is 4.52 Å². The minimum atomic E-state index is 0.207. The number of pyridine rings is 1. The summed E-state index contributed by atoms with van der Waals surface area (Å²) in [6.07, 6.45) is 5.70. The maximum Gasteiger partial charge on any atom is 0.220 e. The molecular weight excluding hydrogens is 336 g/mol. The number of likely N-dealkylation sites (tertiary alicyclic amines) is 1. The molecule has 4 heterocycles. The van der Waals surface area contributed by atoms with Crippen molar-refractivity contribution in [3.63, 3.8) is 0 Å². The summed E-state index contributed by atoms with van der Waals surface area (Å²) in [6, 6.07) is 4.34. The van der Waals surface area contributed by atoms with E-state index in [1.165, 1.54) is 30.3 Å². The van der Waals surface area contributed by atoms with Crippen molar-refractivity contribution in [2.75, 3.05) is 25.9 Å². The van der Waals surface area contributed by atoms with E-state index in [4.69, 9.17) is 17.3 Å². The Morgan fingerprint density at radius 2 is 1.96 bits per heavy atom. The minimum absolute atomic E-state index is 0.207. The van der Waals surface area contributed by atoms with E-state index in [0.29, 0.717) is 16.6 Å². The summed E-state index contributed by atoms with van der Waals surface area (Å²) >= 11 is 6.27. The van der Waals surface area contributed by atoms with Crippen molar-refractivity contribution in [1.29, 1.82) is 0 Å². The highest BCUT2D eigenvalue weighted by atomic mass is 35.5. The molecule has 0 spiro atoms. The van der Waals surface area contributed by atoms with Crippen LogP contribution in [0.1, 0.15) is 30.0 Å². The second-order valence-electron chi connectivity index (χ2n) is 6.73. The van der Waals surface area contributed by atoms with E-state index >= 15 is 0 Å². The van der Waals surface area contributed by atoms with E-state index in [-0.39, 0.29) is 5.95 Å². The van der Waals surface area contributed by atoms with Gasteiger partial charge in [0.25, 0.3) is 0 Å². The van der Waals surface area contributed by atoms with Crippen LogP contribution in [-0.2, 0) is 0 Å². The van der Waals surface area contributed by atoms with Crippen LogP contribution in [0.15, 0.2) is 24.5 Å². The first-order valence-corrected chi connectivity index (χ1v) is 8.86. The van der Waals surface area contributed by atoms with Crippen LogP contribution in [0.2, 0.25) is 5.02 Å². The third kappa shape index (κ3) is 2.85. The van der Waals surface area contributed by atoms with Crippen LogP contribution in [0.5, 0.6) is 0 Å². The molecule has 3 aromatic heterocycles. The summed E-state index contributed by atoms with van der Waals surface area (Å²) in [6.45, 7) is 4.41. The SMILES string of the molecule is Cc1c(C2CCN(C)CC2)ccc2c(-c3nc(N)ncc3Cl)cnn12. The van der Waals surface area contributed by atoms with Crippen molar-refractivity contribution in [2.45, 2.75) is 25.7 Å². The predicted molar refractivity (Wildman–Crippen MR) is 99.8 cm³/mol. The molecule has 0 aromatic carbocycles. The third-order valence-corrected chi connectivity index (χ3v) is 5.42. The zero-order valence-corrected chi connectivity index (χ0v) is 15.2. The number of fused-ring (bicyclic) bond motifs is 1. The maximum atomic E-state index is 6.27. The third-order valence-electron chi connectivity index (χ3n) is 5.14. The van der Waals surface area contributed by atoms with Gasteiger partial charge in [0.05, 0.1) is 28.6 Å².